The molecular formula is C16H21NO7S. The fraction of sp³-hybridized carbons (Fsp3) is 0.500. The Balaban J connectivity index is 2.36. The Bertz CT molecular complexity index is 767. The second-order valence-corrected chi connectivity index (χ2v) is 8.07. The summed E-state index contributed by atoms with van der Waals surface area (Å²) in [5.41, 5.74) is -0.894. The lowest BCUT2D eigenvalue weighted by Crippen LogP contribution is -2.53. The van der Waals surface area contributed by atoms with Crippen molar-refractivity contribution >= 4 is 21.7 Å². The molecule has 1 fully saturated rings. The van der Waals surface area contributed by atoms with Crippen molar-refractivity contribution in [3.63, 3.8) is 0 Å². The van der Waals surface area contributed by atoms with Gasteiger partial charge in [-0.15, -0.1) is 0 Å². The van der Waals surface area contributed by atoms with E-state index < -0.39 is 27.3 Å². The topological polar surface area (TPSA) is 119 Å². The number of benzene rings is 1. The smallest absolute Gasteiger partial charge is 0.305 e. The van der Waals surface area contributed by atoms with E-state index in [2.05, 4.69) is 5.32 Å². The predicted octanol–water partition coefficient (Wildman–Crippen LogP) is 0.852. The molecule has 1 aromatic rings. The van der Waals surface area contributed by atoms with Crippen LogP contribution in [0.25, 0.3) is 0 Å². The minimum atomic E-state index is -3.50. The third kappa shape index (κ3) is 4.70. The van der Waals surface area contributed by atoms with Crippen LogP contribution in [0.2, 0.25) is 0 Å². The molecule has 8 nitrogen and oxygen atoms in total. The lowest BCUT2D eigenvalue weighted by molar-refractivity contribution is -0.139. The standard InChI is InChI=1S/C16H21NO7S/c1-23-13-4-3-11(25(2,21)22)9-12(13)15(20)17-16(10-14(18)19)5-7-24-8-6-16/h3-4,9H,5-8,10H2,1-2H3,(H,17,20)(H,18,19). The number of sulfone groups is 1. The van der Waals surface area contributed by atoms with E-state index in [1.165, 1.54) is 25.3 Å². The number of ether oxygens (including phenoxy) is 2. The zero-order valence-corrected chi connectivity index (χ0v) is 14.9. The van der Waals surface area contributed by atoms with Crippen molar-refractivity contribution in [1.82, 2.24) is 5.32 Å². The first-order chi connectivity index (χ1) is 11.7. The van der Waals surface area contributed by atoms with E-state index in [9.17, 15) is 18.0 Å². The number of rotatable bonds is 6. The van der Waals surface area contributed by atoms with Gasteiger partial charge in [-0.3, -0.25) is 9.59 Å². The van der Waals surface area contributed by atoms with Gasteiger partial charge in [-0.05, 0) is 31.0 Å². The van der Waals surface area contributed by atoms with Crippen molar-refractivity contribution < 1.29 is 32.6 Å². The number of methoxy groups -OCH3 is 1. The Labute approximate surface area is 146 Å². The lowest BCUT2D eigenvalue weighted by Gasteiger charge is -2.37. The molecule has 1 saturated heterocycles. The monoisotopic (exact) mass is 371 g/mol. The number of carbonyl (C=O) groups excluding carboxylic acids is 1. The number of amides is 1. The van der Waals surface area contributed by atoms with Crippen molar-refractivity contribution in [1.29, 1.82) is 0 Å². The van der Waals surface area contributed by atoms with E-state index in [0.29, 0.717) is 26.1 Å². The molecule has 0 radical (unpaired) electrons. The molecule has 9 heteroatoms. The summed E-state index contributed by atoms with van der Waals surface area (Å²) in [6.07, 6.45) is 1.52. The first kappa shape index (κ1) is 19.2. The lowest BCUT2D eigenvalue weighted by atomic mass is 9.86. The van der Waals surface area contributed by atoms with E-state index in [4.69, 9.17) is 14.6 Å². The molecule has 0 saturated carbocycles. The molecular weight excluding hydrogens is 350 g/mol. The van der Waals surface area contributed by atoms with E-state index in [1.807, 2.05) is 0 Å². The number of aliphatic carboxylic acids is 1. The molecule has 138 valence electrons. The first-order valence-electron chi connectivity index (χ1n) is 7.67. The predicted molar refractivity (Wildman–Crippen MR) is 88.6 cm³/mol. The highest BCUT2D eigenvalue weighted by Gasteiger charge is 2.37. The summed E-state index contributed by atoms with van der Waals surface area (Å²) < 4.78 is 33.9. The molecule has 1 aliphatic heterocycles. The zero-order chi connectivity index (χ0) is 18.7. The quantitative estimate of drug-likeness (QED) is 0.761. The average Bonchev–Trinajstić information content (AvgIpc) is 2.53. The number of carboxylic acids is 1. The van der Waals surface area contributed by atoms with Crippen molar-refractivity contribution in [2.45, 2.75) is 29.7 Å². The maximum absolute atomic E-state index is 12.7. The summed E-state index contributed by atoms with van der Waals surface area (Å²) >= 11 is 0. The molecule has 1 aliphatic rings. The van der Waals surface area contributed by atoms with Gasteiger partial charge >= 0.3 is 5.97 Å². The molecule has 0 spiro atoms. The van der Waals surface area contributed by atoms with Gasteiger partial charge in [-0.25, -0.2) is 8.42 Å². The van der Waals surface area contributed by atoms with E-state index in [-0.39, 0.29) is 22.6 Å². The van der Waals surface area contributed by atoms with Crippen molar-refractivity contribution in [3.05, 3.63) is 23.8 Å². The van der Waals surface area contributed by atoms with Crippen LogP contribution < -0.4 is 10.1 Å². The maximum atomic E-state index is 12.7. The highest BCUT2D eigenvalue weighted by molar-refractivity contribution is 7.90. The van der Waals surface area contributed by atoms with Crippen LogP contribution in [0.3, 0.4) is 0 Å². The summed E-state index contributed by atoms with van der Waals surface area (Å²) in [6, 6.07) is 3.99. The summed E-state index contributed by atoms with van der Waals surface area (Å²) in [5, 5.41) is 11.9. The molecule has 1 aromatic carbocycles. The van der Waals surface area contributed by atoms with Crippen LogP contribution in [0.5, 0.6) is 5.75 Å². The molecule has 1 heterocycles. The van der Waals surface area contributed by atoms with Crippen LogP contribution in [0.4, 0.5) is 0 Å². The van der Waals surface area contributed by atoms with E-state index in [1.54, 1.807) is 0 Å². The van der Waals surface area contributed by atoms with Crippen LogP contribution in [-0.4, -0.2) is 57.5 Å². The molecule has 2 N–H and O–H groups in total. The van der Waals surface area contributed by atoms with Crippen LogP contribution in [-0.2, 0) is 19.4 Å². The molecule has 0 aromatic heterocycles. The van der Waals surface area contributed by atoms with Gasteiger partial charge in [0.2, 0.25) is 0 Å². The van der Waals surface area contributed by atoms with Crippen molar-refractivity contribution in [3.8, 4) is 5.75 Å². The van der Waals surface area contributed by atoms with Gasteiger partial charge in [-0.2, -0.15) is 0 Å². The Morgan fingerprint density at radius 1 is 1.32 bits per heavy atom. The molecule has 0 unspecified atom stereocenters. The normalized spacial score (nSPS) is 16.9. The summed E-state index contributed by atoms with van der Waals surface area (Å²) in [7, 11) is -2.13. The third-order valence-electron chi connectivity index (χ3n) is 4.16. The average molecular weight is 371 g/mol. The van der Waals surface area contributed by atoms with E-state index >= 15 is 0 Å². The molecule has 1 amide bonds. The number of carbonyl (C=O) groups is 2. The van der Waals surface area contributed by atoms with Crippen LogP contribution in [0.1, 0.15) is 29.6 Å². The minimum absolute atomic E-state index is 0.0160. The van der Waals surface area contributed by atoms with Gasteiger partial charge in [0.25, 0.3) is 5.91 Å². The SMILES string of the molecule is COc1ccc(S(C)(=O)=O)cc1C(=O)NC1(CC(=O)O)CCOCC1. The number of carboxylic acid groups (broad SMARTS) is 1. The number of hydrogen-bond donors (Lipinski definition) is 2. The molecule has 2 rings (SSSR count). The Morgan fingerprint density at radius 3 is 2.48 bits per heavy atom. The van der Waals surface area contributed by atoms with Gasteiger partial charge in [0.1, 0.15) is 5.75 Å². The highest BCUT2D eigenvalue weighted by atomic mass is 32.2. The van der Waals surface area contributed by atoms with Gasteiger partial charge in [0.15, 0.2) is 9.84 Å². The summed E-state index contributed by atoms with van der Waals surface area (Å²) in [5.74, 6) is -1.40. The minimum Gasteiger partial charge on any atom is -0.496 e. The second kappa shape index (κ2) is 7.40. The van der Waals surface area contributed by atoms with Gasteiger partial charge in [-0.1, -0.05) is 0 Å². The maximum Gasteiger partial charge on any atom is 0.305 e. The molecule has 0 bridgehead atoms. The Kier molecular flexibility index (Phi) is 5.69. The second-order valence-electron chi connectivity index (χ2n) is 6.05. The van der Waals surface area contributed by atoms with Crippen LogP contribution in [0, 0.1) is 0 Å². The molecule has 0 aliphatic carbocycles. The molecule has 0 atom stereocenters. The van der Waals surface area contributed by atoms with Gasteiger partial charge in [0.05, 0.1) is 29.5 Å². The Hall–Kier alpha value is -2.13. The van der Waals surface area contributed by atoms with E-state index in [0.717, 1.165) is 6.26 Å². The fourth-order valence-electron chi connectivity index (χ4n) is 2.80. The molecule has 25 heavy (non-hydrogen) atoms. The Morgan fingerprint density at radius 2 is 1.96 bits per heavy atom. The van der Waals surface area contributed by atoms with Crippen molar-refractivity contribution in [2.75, 3.05) is 26.6 Å². The fourth-order valence-corrected chi connectivity index (χ4v) is 3.45. The number of hydrogen-bond acceptors (Lipinski definition) is 6. The summed E-state index contributed by atoms with van der Waals surface area (Å²) in [4.78, 5) is 23.9. The van der Waals surface area contributed by atoms with Gasteiger partial charge < -0.3 is 19.9 Å². The van der Waals surface area contributed by atoms with Gasteiger partial charge in [0, 0.05) is 19.5 Å². The van der Waals surface area contributed by atoms with Crippen LogP contribution >= 0.6 is 0 Å². The highest BCUT2D eigenvalue weighted by Crippen LogP contribution is 2.28. The number of nitrogens with one attached hydrogen (secondary N) is 1. The third-order valence-corrected chi connectivity index (χ3v) is 5.27. The van der Waals surface area contributed by atoms with Crippen LogP contribution in [0.15, 0.2) is 23.1 Å². The summed E-state index contributed by atoms with van der Waals surface area (Å²) in [6.45, 7) is 0.683. The first-order valence-corrected chi connectivity index (χ1v) is 9.56. The van der Waals surface area contributed by atoms with Crippen molar-refractivity contribution in [2.24, 2.45) is 0 Å². The largest absolute Gasteiger partial charge is 0.496 e. The zero-order valence-electron chi connectivity index (χ0n) is 14.1.